The molecule has 1 aliphatic heterocycles. The molecule has 5 rings (SSSR count). The third-order valence-corrected chi connectivity index (χ3v) is 7.73. The first-order valence-electron chi connectivity index (χ1n) is 12.1. The molecule has 36 heavy (non-hydrogen) atoms. The van der Waals surface area contributed by atoms with E-state index in [1.807, 2.05) is 67.3 Å². The number of carbonyl (C=O) groups excluding carboxylic acids is 2. The van der Waals surface area contributed by atoms with Crippen molar-refractivity contribution >= 4 is 33.9 Å². The molecule has 1 fully saturated rings. The van der Waals surface area contributed by atoms with Crippen molar-refractivity contribution in [3.8, 4) is 5.75 Å². The van der Waals surface area contributed by atoms with Crippen molar-refractivity contribution in [2.45, 2.75) is 32.7 Å². The van der Waals surface area contributed by atoms with Crippen LogP contribution in [0.4, 0.5) is 5.13 Å². The van der Waals surface area contributed by atoms with Gasteiger partial charge in [0.2, 0.25) is 5.91 Å². The Morgan fingerprint density at radius 2 is 1.92 bits per heavy atom. The molecule has 2 atom stereocenters. The van der Waals surface area contributed by atoms with Crippen molar-refractivity contribution in [3.05, 3.63) is 94.0 Å². The Morgan fingerprint density at radius 1 is 1.14 bits per heavy atom. The number of allylic oxidation sites excluding steroid dienone is 2. The Labute approximate surface area is 215 Å². The summed E-state index contributed by atoms with van der Waals surface area (Å²) in [5.41, 5.74) is 4.62. The van der Waals surface area contributed by atoms with Crippen LogP contribution in [0.3, 0.4) is 0 Å². The Hall–Kier alpha value is -3.71. The average Bonchev–Trinajstić information content (AvgIpc) is 3.46. The molecule has 3 aromatic rings. The van der Waals surface area contributed by atoms with Crippen LogP contribution in [-0.4, -0.2) is 41.4 Å². The maximum atomic E-state index is 13.2. The SMILES string of the molecule is COc1ccc(CC(=O)Nc2nc(C3=CC4CCN(C(=O)c5ccccc5C)C4C=C3)c(C)s2)cc1. The van der Waals surface area contributed by atoms with Gasteiger partial charge >= 0.3 is 0 Å². The molecule has 0 spiro atoms. The van der Waals surface area contributed by atoms with Gasteiger partial charge in [-0.15, -0.1) is 11.3 Å². The fraction of sp³-hybridized carbons (Fsp3) is 0.276. The number of likely N-dealkylation sites (tertiary alicyclic amines) is 1. The normalized spacial score (nSPS) is 18.5. The van der Waals surface area contributed by atoms with Gasteiger partial charge in [-0.1, -0.05) is 48.6 Å². The van der Waals surface area contributed by atoms with E-state index in [1.165, 1.54) is 11.3 Å². The van der Waals surface area contributed by atoms with Gasteiger partial charge in [0.25, 0.3) is 5.91 Å². The van der Waals surface area contributed by atoms with Crippen LogP contribution in [0.2, 0.25) is 0 Å². The molecule has 2 heterocycles. The lowest BCUT2D eigenvalue weighted by Gasteiger charge is -2.27. The van der Waals surface area contributed by atoms with Gasteiger partial charge in [-0.25, -0.2) is 4.98 Å². The molecule has 1 N–H and O–H groups in total. The number of aryl methyl sites for hydroxylation is 2. The standard InChI is InChI=1S/C29H29N3O3S/c1-18-6-4-5-7-24(18)28(34)32-15-14-21-17-22(10-13-25(21)32)27-19(2)36-29(31-27)30-26(33)16-20-8-11-23(35-3)12-9-20/h4-13,17,21,25H,14-16H2,1-3H3,(H,30,31,33). The summed E-state index contributed by atoms with van der Waals surface area (Å²) in [6.07, 6.45) is 7.63. The van der Waals surface area contributed by atoms with Crippen molar-refractivity contribution in [1.82, 2.24) is 9.88 Å². The van der Waals surface area contributed by atoms with E-state index in [1.54, 1.807) is 7.11 Å². The molecule has 2 amide bonds. The van der Waals surface area contributed by atoms with Gasteiger partial charge in [-0.3, -0.25) is 9.59 Å². The lowest BCUT2D eigenvalue weighted by Crippen LogP contribution is -2.37. The van der Waals surface area contributed by atoms with Crippen LogP contribution in [0, 0.1) is 19.8 Å². The van der Waals surface area contributed by atoms with E-state index in [2.05, 4.69) is 23.5 Å². The molecule has 1 aromatic heterocycles. The number of amides is 2. The zero-order valence-electron chi connectivity index (χ0n) is 20.7. The number of methoxy groups -OCH3 is 1. The van der Waals surface area contributed by atoms with E-state index < -0.39 is 0 Å². The molecular formula is C29H29N3O3S. The first-order chi connectivity index (χ1) is 17.4. The number of fused-ring (bicyclic) bond motifs is 1. The predicted octanol–water partition coefficient (Wildman–Crippen LogP) is 5.43. The van der Waals surface area contributed by atoms with Crippen LogP contribution in [0.15, 0.2) is 66.8 Å². The number of benzene rings is 2. The van der Waals surface area contributed by atoms with E-state index in [0.717, 1.165) is 51.5 Å². The number of ether oxygens (including phenoxy) is 1. The lowest BCUT2D eigenvalue weighted by molar-refractivity contribution is -0.115. The number of hydrogen-bond acceptors (Lipinski definition) is 5. The minimum atomic E-state index is -0.102. The second-order valence-corrected chi connectivity index (χ2v) is 10.4. The van der Waals surface area contributed by atoms with E-state index >= 15 is 0 Å². The van der Waals surface area contributed by atoms with E-state index in [9.17, 15) is 9.59 Å². The number of nitrogens with one attached hydrogen (secondary N) is 1. The van der Waals surface area contributed by atoms with Crippen molar-refractivity contribution in [2.75, 3.05) is 19.0 Å². The highest BCUT2D eigenvalue weighted by Gasteiger charge is 2.37. The first kappa shape index (κ1) is 24.0. The highest BCUT2D eigenvalue weighted by molar-refractivity contribution is 7.15. The van der Waals surface area contributed by atoms with Crippen LogP contribution in [0.25, 0.3) is 5.57 Å². The zero-order valence-corrected chi connectivity index (χ0v) is 21.5. The van der Waals surface area contributed by atoms with Gasteiger partial charge in [-0.2, -0.15) is 0 Å². The summed E-state index contributed by atoms with van der Waals surface area (Å²) in [6.45, 7) is 4.74. The Morgan fingerprint density at radius 3 is 2.67 bits per heavy atom. The van der Waals surface area contributed by atoms with E-state index in [0.29, 0.717) is 5.13 Å². The molecule has 2 unspecified atom stereocenters. The maximum Gasteiger partial charge on any atom is 0.254 e. The number of anilines is 1. The summed E-state index contributed by atoms with van der Waals surface area (Å²) < 4.78 is 5.17. The van der Waals surface area contributed by atoms with Crippen LogP contribution < -0.4 is 10.1 Å². The van der Waals surface area contributed by atoms with Gasteiger partial charge in [0.1, 0.15) is 5.75 Å². The predicted molar refractivity (Wildman–Crippen MR) is 143 cm³/mol. The van der Waals surface area contributed by atoms with Crippen molar-refractivity contribution < 1.29 is 14.3 Å². The molecule has 1 saturated heterocycles. The van der Waals surface area contributed by atoms with Crippen molar-refractivity contribution in [3.63, 3.8) is 0 Å². The summed E-state index contributed by atoms with van der Waals surface area (Å²) in [5, 5.41) is 3.54. The highest BCUT2D eigenvalue weighted by Crippen LogP contribution is 2.37. The van der Waals surface area contributed by atoms with Crippen LogP contribution in [-0.2, 0) is 11.2 Å². The van der Waals surface area contributed by atoms with Crippen LogP contribution >= 0.6 is 11.3 Å². The Bertz CT molecular complexity index is 1360. The minimum Gasteiger partial charge on any atom is -0.497 e. The summed E-state index contributed by atoms with van der Waals surface area (Å²) in [4.78, 5) is 33.6. The number of thiazole rings is 1. The molecule has 2 aliphatic rings. The minimum absolute atomic E-state index is 0.0588. The number of aromatic nitrogens is 1. The first-order valence-corrected chi connectivity index (χ1v) is 12.9. The van der Waals surface area contributed by atoms with Gasteiger partial charge in [0.15, 0.2) is 5.13 Å². The van der Waals surface area contributed by atoms with Crippen LogP contribution in [0.5, 0.6) is 5.75 Å². The summed E-state index contributed by atoms with van der Waals surface area (Å²) in [6, 6.07) is 15.3. The molecular weight excluding hydrogens is 470 g/mol. The van der Waals surface area contributed by atoms with Gasteiger partial charge in [0, 0.05) is 22.9 Å². The second-order valence-electron chi connectivity index (χ2n) is 9.23. The highest BCUT2D eigenvalue weighted by atomic mass is 32.1. The average molecular weight is 500 g/mol. The Balaban J connectivity index is 1.26. The monoisotopic (exact) mass is 499 g/mol. The third kappa shape index (κ3) is 4.84. The molecule has 0 radical (unpaired) electrons. The second kappa shape index (κ2) is 10.1. The summed E-state index contributed by atoms with van der Waals surface area (Å²) in [5.74, 6) is 1.01. The number of hydrogen-bond donors (Lipinski definition) is 1. The quantitative estimate of drug-likeness (QED) is 0.491. The molecule has 184 valence electrons. The largest absolute Gasteiger partial charge is 0.497 e. The number of nitrogens with zero attached hydrogens (tertiary/aromatic N) is 2. The number of carbonyl (C=O) groups is 2. The van der Waals surface area contributed by atoms with Gasteiger partial charge in [0.05, 0.1) is 25.3 Å². The maximum absolute atomic E-state index is 13.2. The number of rotatable bonds is 6. The van der Waals surface area contributed by atoms with E-state index in [-0.39, 0.29) is 30.2 Å². The van der Waals surface area contributed by atoms with Gasteiger partial charge in [-0.05, 0) is 55.2 Å². The van der Waals surface area contributed by atoms with Crippen molar-refractivity contribution in [2.24, 2.45) is 5.92 Å². The molecule has 7 heteroatoms. The third-order valence-electron chi connectivity index (χ3n) is 6.84. The molecule has 2 aromatic carbocycles. The fourth-order valence-corrected chi connectivity index (χ4v) is 5.78. The summed E-state index contributed by atoms with van der Waals surface area (Å²) >= 11 is 1.48. The lowest BCUT2D eigenvalue weighted by atomic mass is 9.90. The van der Waals surface area contributed by atoms with Crippen molar-refractivity contribution in [1.29, 1.82) is 0 Å². The summed E-state index contributed by atoms with van der Waals surface area (Å²) in [7, 11) is 1.62. The van der Waals surface area contributed by atoms with E-state index in [4.69, 9.17) is 9.72 Å². The topological polar surface area (TPSA) is 71.5 Å². The Kier molecular flexibility index (Phi) is 6.74. The molecule has 1 aliphatic carbocycles. The molecule has 0 saturated carbocycles. The molecule has 0 bridgehead atoms. The van der Waals surface area contributed by atoms with Gasteiger partial charge < -0.3 is 15.0 Å². The van der Waals surface area contributed by atoms with Crippen LogP contribution in [0.1, 0.15) is 38.5 Å². The molecule has 6 nitrogen and oxygen atoms in total. The smallest absolute Gasteiger partial charge is 0.254 e. The fourth-order valence-electron chi connectivity index (χ4n) is 4.93. The zero-order chi connectivity index (χ0) is 25.2.